The molecule has 0 atom stereocenters. The van der Waals surface area contributed by atoms with Crippen LogP contribution in [0.3, 0.4) is 0 Å². The molecule has 0 saturated carbocycles. The largest absolute Gasteiger partial charge is 0.454 e. The van der Waals surface area contributed by atoms with Crippen molar-refractivity contribution < 1.29 is 26.7 Å². The average molecular weight is 494 g/mol. The summed E-state index contributed by atoms with van der Waals surface area (Å²) in [6.07, 6.45) is -1.19. The molecule has 0 aliphatic heterocycles. The number of allylic oxidation sites excluding steroid dienone is 1. The third-order valence-electron chi connectivity index (χ3n) is 4.62. The van der Waals surface area contributed by atoms with Gasteiger partial charge in [-0.05, 0) is 41.8 Å². The van der Waals surface area contributed by atoms with Crippen LogP contribution in [-0.2, 0) is 6.11 Å². The lowest BCUT2D eigenvalue weighted by atomic mass is 10.1. The standard InChI is InChI=1S/C24H16F5NOS2/c1-2-3-10-32-17-7-4-14(5-8-17)15-6-9-20-21(11-15)33-23(30-20)24(28,29)31-16-12-18(25)22(27)19(26)13-16/h2,4-9,11-13H,1,3,10H2. The number of thioether (sulfide) groups is 1. The highest BCUT2D eigenvalue weighted by molar-refractivity contribution is 7.99. The first-order valence-electron chi connectivity index (χ1n) is 9.73. The topological polar surface area (TPSA) is 22.1 Å². The van der Waals surface area contributed by atoms with Crippen molar-refractivity contribution in [2.45, 2.75) is 17.4 Å². The van der Waals surface area contributed by atoms with E-state index in [0.717, 1.165) is 28.2 Å². The maximum absolute atomic E-state index is 14.6. The number of fused-ring (bicyclic) bond motifs is 1. The summed E-state index contributed by atoms with van der Waals surface area (Å²) >= 11 is 2.42. The van der Waals surface area contributed by atoms with Gasteiger partial charge in [0.25, 0.3) is 0 Å². The first-order chi connectivity index (χ1) is 15.8. The molecule has 0 fully saturated rings. The molecule has 170 valence electrons. The van der Waals surface area contributed by atoms with Gasteiger partial charge in [-0.2, -0.15) is 8.78 Å². The minimum atomic E-state index is -3.97. The zero-order valence-corrected chi connectivity index (χ0v) is 18.6. The van der Waals surface area contributed by atoms with Gasteiger partial charge in [-0.25, -0.2) is 18.2 Å². The van der Waals surface area contributed by atoms with E-state index in [1.54, 1.807) is 30.0 Å². The van der Waals surface area contributed by atoms with Crippen LogP contribution in [0.1, 0.15) is 11.4 Å². The van der Waals surface area contributed by atoms with Gasteiger partial charge in [0, 0.05) is 22.8 Å². The van der Waals surface area contributed by atoms with Gasteiger partial charge in [-0.3, -0.25) is 0 Å². The van der Waals surface area contributed by atoms with E-state index in [4.69, 9.17) is 0 Å². The number of nitrogens with zero attached hydrogens (tertiary/aromatic N) is 1. The summed E-state index contributed by atoms with van der Waals surface area (Å²) in [5, 5.41) is -0.686. The molecule has 0 aliphatic rings. The molecule has 0 aliphatic carbocycles. The van der Waals surface area contributed by atoms with Crippen LogP contribution in [0.15, 0.2) is 72.1 Å². The van der Waals surface area contributed by atoms with E-state index in [1.165, 1.54) is 0 Å². The van der Waals surface area contributed by atoms with E-state index in [1.807, 2.05) is 30.3 Å². The summed E-state index contributed by atoms with van der Waals surface area (Å²) < 4.78 is 73.9. The van der Waals surface area contributed by atoms with Crippen LogP contribution in [0.5, 0.6) is 5.75 Å². The smallest absolute Gasteiger partial charge is 0.427 e. The molecule has 0 bridgehead atoms. The highest BCUT2D eigenvalue weighted by Gasteiger charge is 2.39. The maximum atomic E-state index is 14.6. The van der Waals surface area contributed by atoms with Gasteiger partial charge in [0.2, 0.25) is 5.01 Å². The fourth-order valence-corrected chi connectivity index (χ4v) is 4.78. The highest BCUT2D eigenvalue weighted by atomic mass is 32.2. The lowest BCUT2D eigenvalue weighted by molar-refractivity contribution is -0.185. The van der Waals surface area contributed by atoms with Gasteiger partial charge in [0.05, 0.1) is 10.2 Å². The van der Waals surface area contributed by atoms with Crippen LogP contribution in [-0.4, -0.2) is 10.7 Å². The van der Waals surface area contributed by atoms with Crippen LogP contribution < -0.4 is 4.74 Å². The maximum Gasteiger partial charge on any atom is 0.454 e. The predicted octanol–water partition coefficient (Wildman–Crippen LogP) is 8.18. The lowest BCUT2D eigenvalue weighted by Crippen LogP contribution is -2.21. The average Bonchev–Trinajstić information content (AvgIpc) is 3.22. The van der Waals surface area contributed by atoms with Crippen LogP contribution in [0.2, 0.25) is 0 Å². The summed E-state index contributed by atoms with van der Waals surface area (Å²) in [6.45, 7) is 3.70. The molecule has 1 heterocycles. The number of ether oxygens (including phenoxy) is 1. The number of rotatable bonds is 8. The zero-order chi connectivity index (χ0) is 23.6. The summed E-state index contributed by atoms with van der Waals surface area (Å²) in [5.74, 6) is -4.92. The molecule has 0 unspecified atom stereocenters. The minimum Gasteiger partial charge on any atom is -0.427 e. The van der Waals surface area contributed by atoms with E-state index in [9.17, 15) is 22.0 Å². The minimum absolute atomic E-state index is 0.329. The van der Waals surface area contributed by atoms with Crippen LogP contribution >= 0.6 is 23.1 Å². The van der Waals surface area contributed by atoms with E-state index in [0.29, 0.717) is 33.7 Å². The number of halogens is 5. The van der Waals surface area contributed by atoms with Crippen molar-refractivity contribution in [2.75, 3.05) is 5.75 Å². The molecule has 0 amide bonds. The number of alkyl halides is 2. The molecule has 0 radical (unpaired) electrons. The molecular formula is C24H16F5NOS2. The molecule has 3 aromatic carbocycles. The number of benzene rings is 3. The molecule has 4 aromatic rings. The number of aromatic nitrogens is 1. The first-order valence-corrected chi connectivity index (χ1v) is 11.5. The molecule has 9 heteroatoms. The monoisotopic (exact) mass is 493 g/mol. The molecule has 4 rings (SSSR count). The first kappa shape index (κ1) is 23.3. The third kappa shape index (κ3) is 5.20. The molecule has 0 spiro atoms. The predicted molar refractivity (Wildman–Crippen MR) is 121 cm³/mol. The Morgan fingerprint density at radius 3 is 2.30 bits per heavy atom. The van der Waals surface area contributed by atoms with Gasteiger partial charge in [-0.1, -0.05) is 24.3 Å². The Labute approximate surface area is 194 Å². The van der Waals surface area contributed by atoms with Crippen molar-refractivity contribution in [3.05, 3.63) is 89.7 Å². The second-order valence-electron chi connectivity index (χ2n) is 6.97. The van der Waals surface area contributed by atoms with Crippen LogP contribution in [0.25, 0.3) is 21.3 Å². The van der Waals surface area contributed by atoms with Crippen molar-refractivity contribution in [2.24, 2.45) is 0 Å². The van der Waals surface area contributed by atoms with Crippen molar-refractivity contribution >= 4 is 33.3 Å². The molecule has 1 aromatic heterocycles. The van der Waals surface area contributed by atoms with Gasteiger partial charge in [0.15, 0.2) is 17.5 Å². The Hall–Kier alpha value is -2.91. The third-order valence-corrected chi connectivity index (χ3v) is 6.73. The van der Waals surface area contributed by atoms with Crippen molar-refractivity contribution in [1.29, 1.82) is 0 Å². The molecule has 0 saturated heterocycles. The van der Waals surface area contributed by atoms with Gasteiger partial charge < -0.3 is 4.74 Å². The fourth-order valence-electron chi connectivity index (χ4n) is 3.02. The zero-order valence-electron chi connectivity index (χ0n) is 17.0. The van der Waals surface area contributed by atoms with Gasteiger partial charge >= 0.3 is 6.11 Å². The number of thiazole rings is 1. The highest BCUT2D eigenvalue weighted by Crippen LogP contribution is 2.38. The molecule has 0 N–H and O–H groups in total. The number of hydrogen-bond donors (Lipinski definition) is 0. The summed E-state index contributed by atoms with van der Waals surface area (Å²) in [5.41, 5.74) is 2.07. The molecular weight excluding hydrogens is 477 g/mol. The molecule has 2 nitrogen and oxygen atoms in total. The normalized spacial score (nSPS) is 11.7. The Morgan fingerprint density at radius 2 is 1.64 bits per heavy atom. The quantitative estimate of drug-likeness (QED) is 0.0812. The van der Waals surface area contributed by atoms with Gasteiger partial charge in [0.1, 0.15) is 5.75 Å². The second kappa shape index (κ2) is 9.52. The van der Waals surface area contributed by atoms with Crippen molar-refractivity contribution in [3.8, 4) is 16.9 Å². The van der Waals surface area contributed by atoms with E-state index in [2.05, 4.69) is 16.3 Å². The van der Waals surface area contributed by atoms with E-state index >= 15 is 0 Å². The van der Waals surface area contributed by atoms with E-state index in [-0.39, 0.29) is 0 Å². The summed E-state index contributed by atoms with van der Waals surface area (Å²) in [7, 11) is 0. The summed E-state index contributed by atoms with van der Waals surface area (Å²) in [6, 6.07) is 13.7. The Balaban J connectivity index is 1.56. The van der Waals surface area contributed by atoms with Crippen LogP contribution in [0, 0.1) is 17.5 Å². The lowest BCUT2D eigenvalue weighted by Gasteiger charge is -2.15. The van der Waals surface area contributed by atoms with Gasteiger partial charge in [-0.15, -0.1) is 29.7 Å². The second-order valence-corrected chi connectivity index (χ2v) is 9.17. The number of hydrogen-bond acceptors (Lipinski definition) is 4. The summed E-state index contributed by atoms with van der Waals surface area (Å²) in [4.78, 5) is 5.02. The van der Waals surface area contributed by atoms with Crippen molar-refractivity contribution in [1.82, 2.24) is 4.98 Å². The van der Waals surface area contributed by atoms with E-state index < -0.39 is 34.3 Å². The Bertz CT molecular complexity index is 1280. The Morgan fingerprint density at radius 1 is 0.970 bits per heavy atom. The SMILES string of the molecule is C=CCCSc1ccc(-c2ccc3nc(C(F)(F)Oc4cc(F)c(F)c(F)c4)sc3c2)cc1. The fraction of sp³-hybridized carbons (Fsp3) is 0.125. The molecule has 33 heavy (non-hydrogen) atoms. The van der Waals surface area contributed by atoms with Crippen LogP contribution in [0.4, 0.5) is 22.0 Å². The Kier molecular flexibility index (Phi) is 6.71. The van der Waals surface area contributed by atoms with Crippen molar-refractivity contribution in [3.63, 3.8) is 0 Å².